The average Bonchev–Trinajstić information content (AvgIpc) is 2.26. The van der Waals surface area contributed by atoms with Crippen molar-refractivity contribution in [3.63, 3.8) is 0 Å². The third kappa shape index (κ3) is 2.37. The summed E-state index contributed by atoms with van der Waals surface area (Å²) < 4.78 is 39.3. The van der Waals surface area contributed by atoms with Crippen LogP contribution in [0.5, 0.6) is 0 Å². The second-order valence-electron chi connectivity index (χ2n) is 5.51. The lowest BCUT2D eigenvalue weighted by Gasteiger charge is -2.23. The van der Waals surface area contributed by atoms with E-state index < -0.39 is 22.7 Å². The van der Waals surface area contributed by atoms with Crippen molar-refractivity contribution in [3.8, 4) is 0 Å². The van der Waals surface area contributed by atoms with Crippen molar-refractivity contribution in [1.29, 1.82) is 0 Å². The molecule has 102 valence electrons. The number of aromatic amines is 1. The Kier molecular flexibility index (Phi) is 2.96. The number of halogens is 3. The molecule has 19 heavy (non-hydrogen) atoms. The molecule has 5 heteroatoms. The van der Waals surface area contributed by atoms with Crippen molar-refractivity contribution in [3.05, 3.63) is 45.9 Å². The third-order valence-corrected chi connectivity index (χ3v) is 3.04. The van der Waals surface area contributed by atoms with E-state index in [1.165, 1.54) is 18.3 Å². The van der Waals surface area contributed by atoms with Gasteiger partial charge in [0.1, 0.15) is 0 Å². The highest BCUT2D eigenvalue weighted by atomic mass is 19.4. The molecular formula is C14H14F3NO. The molecule has 1 aromatic heterocycles. The van der Waals surface area contributed by atoms with E-state index in [2.05, 4.69) is 4.98 Å². The Labute approximate surface area is 108 Å². The first-order chi connectivity index (χ1) is 8.62. The molecule has 0 spiro atoms. The van der Waals surface area contributed by atoms with E-state index in [9.17, 15) is 18.0 Å². The van der Waals surface area contributed by atoms with Crippen molar-refractivity contribution < 1.29 is 13.2 Å². The summed E-state index contributed by atoms with van der Waals surface area (Å²) in [6.45, 7) is 5.44. The Hall–Kier alpha value is -1.78. The molecule has 1 aromatic carbocycles. The van der Waals surface area contributed by atoms with E-state index >= 15 is 0 Å². The highest BCUT2D eigenvalue weighted by molar-refractivity contribution is 5.89. The van der Waals surface area contributed by atoms with Gasteiger partial charge >= 0.3 is 6.18 Å². The summed E-state index contributed by atoms with van der Waals surface area (Å²) in [5, 5.41) is 0.0634. The number of alkyl halides is 3. The number of aromatic nitrogens is 1. The number of rotatable bonds is 0. The summed E-state index contributed by atoms with van der Waals surface area (Å²) >= 11 is 0. The van der Waals surface area contributed by atoms with Crippen LogP contribution in [0.25, 0.3) is 10.8 Å². The van der Waals surface area contributed by atoms with Crippen LogP contribution in [0.15, 0.2) is 29.2 Å². The fourth-order valence-electron chi connectivity index (χ4n) is 2.15. The van der Waals surface area contributed by atoms with Crippen LogP contribution in [0.4, 0.5) is 13.2 Å². The number of benzene rings is 1. The number of pyridine rings is 1. The lowest BCUT2D eigenvalue weighted by atomic mass is 9.83. The molecule has 0 aliphatic carbocycles. The molecular weight excluding hydrogens is 255 g/mol. The van der Waals surface area contributed by atoms with Gasteiger partial charge in [-0.1, -0.05) is 26.8 Å². The Balaban J connectivity index is 3.01. The van der Waals surface area contributed by atoms with Crippen LogP contribution in [-0.4, -0.2) is 4.98 Å². The van der Waals surface area contributed by atoms with E-state index in [1.807, 2.05) is 20.8 Å². The fraction of sp³-hybridized carbons (Fsp3) is 0.357. The van der Waals surface area contributed by atoms with Gasteiger partial charge in [-0.3, -0.25) is 4.79 Å². The zero-order valence-corrected chi connectivity index (χ0v) is 10.9. The summed E-state index contributed by atoms with van der Waals surface area (Å²) in [6.07, 6.45) is -3.10. The Bertz CT molecular complexity index is 657. The maximum Gasteiger partial charge on any atom is 0.417 e. The van der Waals surface area contributed by atoms with Crippen LogP contribution in [0.2, 0.25) is 0 Å². The van der Waals surface area contributed by atoms with Gasteiger partial charge in [0.2, 0.25) is 0 Å². The molecule has 1 heterocycles. The zero-order chi connectivity index (χ0) is 14.4. The SMILES string of the molecule is CC(C)(C)c1c[nH]c(=O)c2cccc(C(F)(F)F)c12. The van der Waals surface area contributed by atoms with Gasteiger partial charge in [-0.25, -0.2) is 0 Å². The van der Waals surface area contributed by atoms with Gasteiger partial charge in [0.15, 0.2) is 0 Å². The molecule has 0 aliphatic rings. The molecule has 0 fully saturated rings. The van der Waals surface area contributed by atoms with E-state index in [0.717, 1.165) is 6.07 Å². The fourth-order valence-corrected chi connectivity index (χ4v) is 2.15. The van der Waals surface area contributed by atoms with Gasteiger partial charge in [-0.05, 0) is 23.1 Å². The minimum absolute atomic E-state index is 0.00810. The second-order valence-corrected chi connectivity index (χ2v) is 5.51. The molecule has 2 nitrogen and oxygen atoms in total. The molecule has 0 radical (unpaired) electrons. The molecule has 0 unspecified atom stereocenters. The number of hydrogen-bond acceptors (Lipinski definition) is 1. The average molecular weight is 269 g/mol. The molecule has 0 amide bonds. The first-order valence-electron chi connectivity index (χ1n) is 5.84. The molecule has 1 N–H and O–H groups in total. The minimum atomic E-state index is -4.48. The molecule has 0 aliphatic heterocycles. The first-order valence-corrected chi connectivity index (χ1v) is 5.84. The summed E-state index contributed by atoms with van der Waals surface area (Å²) in [7, 11) is 0. The van der Waals surface area contributed by atoms with Gasteiger partial charge in [0.25, 0.3) is 5.56 Å². The quantitative estimate of drug-likeness (QED) is 0.774. The Morgan fingerprint density at radius 1 is 1.05 bits per heavy atom. The number of H-pyrrole nitrogens is 1. The van der Waals surface area contributed by atoms with Crippen LogP contribution in [0, 0.1) is 0 Å². The highest BCUT2D eigenvalue weighted by Gasteiger charge is 2.34. The third-order valence-electron chi connectivity index (χ3n) is 3.04. The van der Waals surface area contributed by atoms with Crippen molar-refractivity contribution in [2.75, 3.05) is 0 Å². The first kappa shape index (κ1) is 13.6. The standard InChI is InChI=1S/C14H14F3NO/c1-13(2,3)10-7-18-12(19)8-5-4-6-9(11(8)10)14(15,16)17/h4-7H,1-3H3,(H,18,19). The van der Waals surface area contributed by atoms with Gasteiger partial charge < -0.3 is 4.98 Å². The van der Waals surface area contributed by atoms with Crippen LogP contribution in [0.3, 0.4) is 0 Å². The Morgan fingerprint density at radius 3 is 2.21 bits per heavy atom. The summed E-state index contributed by atoms with van der Waals surface area (Å²) in [5.74, 6) is 0. The number of hydrogen-bond donors (Lipinski definition) is 1. The van der Waals surface area contributed by atoms with Gasteiger partial charge in [0.05, 0.1) is 5.56 Å². The van der Waals surface area contributed by atoms with Gasteiger partial charge in [-0.2, -0.15) is 13.2 Å². The smallest absolute Gasteiger partial charge is 0.328 e. The van der Waals surface area contributed by atoms with Crippen molar-refractivity contribution in [2.45, 2.75) is 32.4 Å². The molecule has 0 saturated heterocycles. The molecule has 0 bridgehead atoms. The maximum atomic E-state index is 13.1. The minimum Gasteiger partial charge on any atom is -0.328 e. The lowest BCUT2D eigenvalue weighted by molar-refractivity contribution is -0.136. The van der Waals surface area contributed by atoms with Crippen molar-refractivity contribution in [2.24, 2.45) is 0 Å². The zero-order valence-electron chi connectivity index (χ0n) is 10.9. The topological polar surface area (TPSA) is 32.9 Å². The lowest BCUT2D eigenvalue weighted by Crippen LogP contribution is -2.19. The predicted octanol–water partition coefficient (Wildman–Crippen LogP) is 3.84. The predicted molar refractivity (Wildman–Crippen MR) is 68.3 cm³/mol. The van der Waals surface area contributed by atoms with Crippen LogP contribution < -0.4 is 5.56 Å². The second kappa shape index (κ2) is 4.11. The monoisotopic (exact) mass is 269 g/mol. The molecule has 0 atom stereocenters. The molecule has 0 saturated carbocycles. The van der Waals surface area contributed by atoms with E-state index in [-0.39, 0.29) is 10.8 Å². The molecule has 2 rings (SSSR count). The summed E-state index contributed by atoms with van der Waals surface area (Å²) in [6, 6.07) is 3.68. The largest absolute Gasteiger partial charge is 0.417 e. The van der Waals surface area contributed by atoms with E-state index in [0.29, 0.717) is 5.56 Å². The highest BCUT2D eigenvalue weighted by Crippen LogP contribution is 2.38. The molecule has 2 aromatic rings. The van der Waals surface area contributed by atoms with Crippen molar-refractivity contribution >= 4 is 10.8 Å². The van der Waals surface area contributed by atoms with E-state index in [1.54, 1.807) is 0 Å². The van der Waals surface area contributed by atoms with Crippen LogP contribution in [-0.2, 0) is 11.6 Å². The normalized spacial score (nSPS) is 12.9. The number of fused-ring (bicyclic) bond motifs is 1. The summed E-state index contributed by atoms with van der Waals surface area (Å²) in [5.41, 5.74) is -1.28. The van der Waals surface area contributed by atoms with Crippen molar-refractivity contribution in [1.82, 2.24) is 4.98 Å². The number of nitrogens with one attached hydrogen (secondary N) is 1. The summed E-state index contributed by atoms with van der Waals surface area (Å²) in [4.78, 5) is 14.2. The van der Waals surface area contributed by atoms with E-state index in [4.69, 9.17) is 0 Å². The van der Waals surface area contributed by atoms with Crippen LogP contribution >= 0.6 is 0 Å². The van der Waals surface area contributed by atoms with Crippen LogP contribution in [0.1, 0.15) is 31.9 Å². The maximum absolute atomic E-state index is 13.1. The Morgan fingerprint density at radius 2 is 1.68 bits per heavy atom. The van der Waals surface area contributed by atoms with Gasteiger partial charge in [0, 0.05) is 17.0 Å². The van der Waals surface area contributed by atoms with Gasteiger partial charge in [-0.15, -0.1) is 0 Å².